The predicted octanol–water partition coefficient (Wildman–Crippen LogP) is 3.71. The van der Waals surface area contributed by atoms with Gasteiger partial charge in [-0.15, -0.1) is 0 Å². The van der Waals surface area contributed by atoms with Gasteiger partial charge in [0.05, 0.1) is 0 Å². The van der Waals surface area contributed by atoms with Gasteiger partial charge in [-0.3, -0.25) is 0 Å². The summed E-state index contributed by atoms with van der Waals surface area (Å²) in [6, 6.07) is 12.2. The second kappa shape index (κ2) is 5.49. The largest absolute Gasteiger partial charge is 0.311 e. The van der Waals surface area contributed by atoms with Crippen molar-refractivity contribution >= 4 is 0 Å². The van der Waals surface area contributed by atoms with Gasteiger partial charge in [0.2, 0.25) is 0 Å². The van der Waals surface area contributed by atoms with Crippen LogP contribution in [0.5, 0.6) is 0 Å². The topological polar surface area (TPSA) is 12.0 Å². The summed E-state index contributed by atoms with van der Waals surface area (Å²) in [5.41, 5.74) is 1.44. The first-order valence-corrected chi connectivity index (χ1v) is 6.58. The van der Waals surface area contributed by atoms with Crippen molar-refractivity contribution in [2.45, 2.75) is 57.5 Å². The Hall–Kier alpha value is -0.820. The average Bonchev–Trinajstić information content (AvgIpc) is 2.82. The van der Waals surface area contributed by atoms with Crippen molar-refractivity contribution in [2.75, 3.05) is 0 Å². The fourth-order valence-electron chi connectivity index (χ4n) is 2.65. The highest BCUT2D eigenvalue weighted by Crippen LogP contribution is 2.23. The molecule has 0 saturated heterocycles. The Morgan fingerprint density at radius 3 is 2.31 bits per heavy atom. The van der Waals surface area contributed by atoms with E-state index in [9.17, 15) is 0 Å². The van der Waals surface area contributed by atoms with E-state index >= 15 is 0 Å². The summed E-state index contributed by atoms with van der Waals surface area (Å²) < 4.78 is 0. The lowest BCUT2D eigenvalue weighted by molar-refractivity contribution is 0.410. The molecule has 1 aromatic rings. The molecule has 2 atom stereocenters. The van der Waals surface area contributed by atoms with Gasteiger partial charge >= 0.3 is 0 Å². The summed E-state index contributed by atoms with van der Waals surface area (Å²) >= 11 is 0. The van der Waals surface area contributed by atoms with Crippen molar-refractivity contribution in [2.24, 2.45) is 0 Å². The van der Waals surface area contributed by atoms with Gasteiger partial charge in [-0.1, -0.05) is 50.1 Å². The third-order valence-corrected chi connectivity index (χ3v) is 3.93. The number of hydrogen-bond donors (Lipinski definition) is 1. The maximum absolute atomic E-state index is 3.78. The van der Waals surface area contributed by atoms with Crippen LogP contribution >= 0.6 is 0 Å². The minimum atomic E-state index is 0.575. The minimum Gasteiger partial charge on any atom is -0.311 e. The van der Waals surface area contributed by atoms with Crippen LogP contribution in [0, 0.1) is 0 Å². The van der Waals surface area contributed by atoms with E-state index in [1.54, 1.807) is 0 Å². The first-order chi connectivity index (χ1) is 7.77. The van der Waals surface area contributed by atoms with Crippen molar-refractivity contribution in [3.8, 4) is 0 Å². The Kier molecular flexibility index (Phi) is 4.00. The lowest BCUT2D eigenvalue weighted by Gasteiger charge is -2.25. The molecule has 1 heteroatoms. The third kappa shape index (κ3) is 2.85. The van der Waals surface area contributed by atoms with Gasteiger partial charge < -0.3 is 5.32 Å². The van der Waals surface area contributed by atoms with Crippen LogP contribution in [0.25, 0.3) is 0 Å². The highest BCUT2D eigenvalue weighted by atomic mass is 15.0. The molecule has 0 spiro atoms. The number of nitrogens with one attached hydrogen (secondary N) is 1. The van der Waals surface area contributed by atoms with Crippen molar-refractivity contribution in [3.05, 3.63) is 35.9 Å². The van der Waals surface area contributed by atoms with Crippen LogP contribution in [0.1, 0.15) is 51.0 Å². The first-order valence-electron chi connectivity index (χ1n) is 6.58. The van der Waals surface area contributed by atoms with E-state index in [1.807, 2.05) is 0 Å². The Labute approximate surface area is 99.3 Å². The second-order valence-electron chi connectivity index (χ2n) is 5.14. The zero-order valence-corrected chi connectivity index (χ0v) is 10.4. The van der Waals surface area contributed by atoms with Crippen LogP contribution < -0.4 is 5.32 Å². The van der Waals surface area contributed by atoms with Crippen molar-refractivity contribution in [3.63, 3.8) is 0 Å². The molecule has 0 aromatic heterocycles. The van der Waals surface area contributed by atoms with Crippen LogP contribution in [-0.2, 0) is 0 Å². The highest BCUT2D eigenvalue weighted by Gasteiger charge is 2.20. The molecule has 1 fully saturated rings. The van der Waals surface area contributed by atoms with E-state index in [2.05, 4.69) is 49.5 Å². The van der Waals surface area contributed by atoms with Gasteiger partial charge in [0.15, 0.2) is 0 Å². The molecule has 1 aliphatic rings. The molecule has 0 bridgehead atoms. The Bertz CT molecular complexity index is 300. The van der Waals surface area contributed by atoms with E-state index in [0.29, 0.717) is 12.0 Å². The zero-order valence-electron chi connectivity index (χ0n) is 10.4. The van der Waals surface area contributed by atoms with Gasteiger partial charge in [0, 0.05) is 12.1 Å². The standard InChI is InChI=1S/C15H23N/c1-12(14-8-4-3-5-9-14)13(2)16-15-10-6-7-11-15/h3-5,8-9,12-13,15-16H,6-7,10-11H2,1-2H3. The summed E-state index contributed by atoms with van der Waals surface area (Å²) in [6.45, 7) is 4.64. The second-order valence-corrected chi connectivity index (χ2v) is 5.14. The van der Waals surface area contributed by atoms with Crippen molar-refractivity contribution in [1.29, 1.82) is 0 Å². The summed E-state index contributed by atoms with van der Waals surface area (Å²) in [7, 11) is 0. The molecule has 16 heavy (non-hydrogen) atoms. The molecule has 1 aliphatic carbocycles. The van der Waals surface area contributed by atoms with Crippen molar-refractivity contribution in [1.82, 2.24) is 5.32 Å². The molecule has 88 valence electrons. The highest BCUT2D eigenvalue weighted by molar-refractivity contribution is 5.20. The molecule has 1 nitrogen and oxygen atoms in total. The van der Waals surface area contributed by atoms with Crippen LogP contribution in [-0.4, -0.2) is 12.1 Å². The van der Waals surface area contributed by atoms with Crippen LogP contribution in [0.3, 0.4) is 0 Å². The lowest BCUT2D eigenvalue weighted by Crippen LogP contribution is -2.37. The van der Waals surface area contributed by atoms with Gasteiger partial charge in [-0.05, 0) is 31.2 Å². The minimum absolute atomic E-state index is 0.575. The van der Waals surface area contributed by atoms with Crippen LogP contribution in [0.15, 0.2) is 30.3 Å². The van der Waals surface area contributed by atoms with E-state index in [4.69, 9.17) is 0 Å². The fourth-order valence-corrected chi connectivity index (χ4v) is 2.65. The summed E-state index contributed by atoms with van der Waals surface area (Å²) in [4.78, 5) is 0. The molecule has 0 heterocycles. The molecule has 0 aliphatic heterocycles. The Balaban J connectivity index is 1.91. The smallest absolute Gasteiger partial charge is 0.0107 e. The molecule has 1 saturated carbocycles. The quantitative estimate of drug-likeness (QED) is 0.810. The van der Waals surface area contributed by atoms with E-state index in [-0.39, 0.29) is 0 Å². The van der Waals surface area contributed by atoms with Gasteiger partial charge in [0.1, 0.15) is 0 Å². The normalized spacial score (nSPS) is 20.9. The third-order valence-electron chi connectivity index (χ3n) is 3.93. The zero-order chi connectivity index (χ0) is 11.4. The van der Waals surface area contributed by atoms with Gasteiger partial charge in [0.25, 0.3) is 0 Å². The number of benzene rings is 1. The van der Waals surface area contributed by atoms with Gasteiger partial charge in [-0.25, -0.2) is 0 Å². The van der Waals surface area contributed by atoms with Gasteiger partial charge in [-0.2, -0.15) is 0 Å². The average molecular weight is 217 g/mol. The molecular weight excluding hydrogens is 194 g/mol. The molecule has 2 rings (SSSR count). The van der Waals surface area contributed by atoms with Crippen LogP contribution in [0.4, 0.5) is 0 Å². The molecular formula is C15H23N. The Morgan fingerprint density at radius 1 is 1.06 bits per heavy atom. The molecule has 1 N–H and O–H groups in total. The summed E-state index contributed by atoms with van der Waals surface area (Å²) in [6.07, 6.45) is 5.55. The molecule has 2 unspecified atom stereocenters. The fraction of sp³-hybridized carbons (Fsp3) is 0.600. The van der Waals surface area contributed by atoms with Crippen molar-refractivity contribution < 1.29 is 0 Å². The number of hydrogen-bond acceptors (Lipinski definition) is 1. The molecule has 0 amide bonds. The first kappa shape index (κ1) is 11.7. The monoisotopic (exact) mass is 217 g/mol. The molecule has 1 aromatic carbocycles. The maximum Gasteiger partial charge on any atom is 0.0107 e. The SMILES string of the molecule is CC(NC1CCCC1)C(C)c1ccccc1. The van der Waals surface area contributed by atoms with E-state index in [1.165, 1.54) is 31.2 Å². The summed E-state index contributed by atoms with van der Waals surface area (Å²) in [5, 5.41) is 3.78. The summed E-state index contributed by atoms with van der Waals surface area (Å²) in [5.74, 6) is 0.599. The number of rotatable bonds is 4. The van der Waals surface area contributed by atoms with Crippen LogP contribution in [0.2, 0.25) is 0 Å². The lowest BCUT2D eigenvalue weighted by atomic mass is 9.94. The molecule has 0 radical (unpaired) electrons. The predicted molar refractivity (Wildman–Crippen MR) is 69.7 cm³/mol. The Morgan fingerprint density at radius 2 is 1.69 bits per heavy atom. The maximum atomic E-state index is 3.78. The van der Waals surface area contributed by atoms with E-state index < -0.39 is 0 Å². The van der Waals surface area contributed by atoms with E-state index in [0.717, 1.165) is 6.04 Å².